The van der Waals surface area contributed by atoms with Gasteiger partial charge >= 0.3 is 5.97 Å². The van der Waals surface area contributed by atoms with E-state index in [0.717, 1.165) is 6.07 Å². The third kappa shape index (κ3) is 3.84. The second-order valence-electron chi connectivity index (χ2n) is 6.35. The number of aromatic carboxylic acids is 1. The molecular formula is C21H15ClFN3O3. The Morgan fingerprint density at radius 2 is 1.83 bits per heavy atom. The van der Waals surface area contributed by atoms with Crippen LogP contribution in [0.3, 0.4) is 0 Å². The molecule has 29 heavy (non-hydrogen) atoms. The normalized spacial score (nSPS) is 10.4. The summed E-state index contributed by atoms with van der Waals surface area (Å²) < 4.78 is 15.4. The van der Waals surface area contributed by atoms with Gasteiger partial charge in [-0.15, -0.1) is 0 Å². The summed E-state index contributed by atoms with van der Waals surface area (Å²) in [4.78, 5) is 24.3. The number of nitrogens with zero attached hydrogens (tertiary/aromatic N) is 2. The van der Waals surface area contributed by atoms with Gasteiger partial charge in [0.2, 0.25) is 0 Å². The van der Waals surface area contributed by atoms with E-state index in [4.69, 9.17) is 16.9 Å². The number of benzene rings is 2. The second kappa shape index (κ2) is 7.78. The number of nitriles is 1. The molecule has 1 heterocycles. The van der Waals surface area contributed by atoms with Crippen molar-refractivity contribution in [1.29, 1.82) is 5.26 Å². The number of anilines is 1. The van der Waals surface area contributed by atoms with Crippen molar-refractivity contribution < 1.29 is 19.1 Å². The minimum atomic E-state index is -1.31. The van der Waals surface area contributed by atoms with Crippen LogP contribution in [0.25, 0.3) is 11.3 Å². The van der Waals surface area contributed by atoms with E-state index in [0.29, 0.717) is 28.2 Å². The number of carboxylic acids is 1. The van der Waals surface area contributed by atoms with Gasteiger partial charge in [-0.25, -0.2) is 9.18 Å². The van der Waals surface area contributed by atoms with Crippen molar-refractivity contribution in [2.24, 2.45) is 7.05 Å². The molecule has 0 aliphatic heterocycles. The fourth-order valence-corrected chi connectivity index (χ4v) is 3.11. The first kappa shape index (κ1) is 20.1. The van der Waals surface area contributed by atoms with E-state index in [-0.39, 0.29) is 16.1 Å². The van der Waals surface area contributed by atoms with Crippen molar-refractivity contribution in [3.05, 3.63) is 75.7 Å². The third-order valence-electron chi connectivity index (χ3n) is 4.62. The highest BCUT2D eigenvalue weighted by Crippen LogP contribution is 2.32. The fraction of sp³-hybridized carbons (Fsp3) is 0.0952. The van der Waals surface area contributed by atoms with Gasteiger partial charge in [-0.1, -0.05) is 11.6 Å². The Kier molecular flexibility index (Phi) is 5.39. The molecule has 8 heteroatoms. The van der Waals surface area contributed by atoms with Gasteiger partial charge in [0.25, 0.3) is 5.91 Å². The van der Waals surface area contributed by atoms with E-state index in [1.165, 1.54) is 12.1 Å². The lowest BCUT2D eigenvalue weighted by atomic mass is 10.0. The maximum absolute atomic E-state index is 13.8. The first-order valence-electron chi connectivity index (χ1n) is 8.43. The number of nitrogens with one attached hydrogen (secondary N) is 1. The van der Waals surface area contributed by atoms with Crippen LogP contribution in [0.2, 0.25) is 5.02 Å². The quantitative estimate of drug-likeness (QED) is 0.655. The van der Waals surface area contributed by atoms with Crippen LogP contribution in [0.15, 0.2) is 42.5 Å². The van der Waals surface area contributed by atoms with Crippen molar-refractivity contribution in [1.82, 2.24) is 4.57 Å². The summed E-state index contributed by atoms with van der Waals surface area (Å²) in [6.45, 7) is 1.71. The van der Waals surface area contributed by atoms with Gasteiger partial charge in [0.15, 0.2) is 0 Å². The molecule has 0 aliphatic rings. The van der Waals surface area contributed by atoms with Crippen LogP contribution < -0.4 is 5.32 Å². The molecule has 2 aromatic carbocycles. The molecule has 0 spiro atoms. The molecule has 3 rings (SSSR count). The van der Waals surface area contributed by atoms with E-state index >= 15 is 0 Å². The summed E-state index contributed by atoms with van der Waals surface area (Å²) >= 11 is 5.85. The first-order chi connectivity index (χ1) is 13.7. The van der Waals surface area contributed by atoms with E-state index in [1.54, 1.807) is 42.8 Å². The summed E-state index contributed by atoms with van der Waals surface area (Å²) in [5.74, 6) is -2.55. The van der Waals surface area contributed by atoms with Gasteiger partial charge < -0.3 is 15.0 Å². The number of amides is 1. The van der Waals surface area contributed by atoms with Crippen LogP contribution in [0.4, 0.5) is 10.1 Å². The Hall–Kier alpha value is -3.63. The molecule has 6 nitrogen and oxygen atoms in total. The lowest BCUT2D eigenvalue weighted by molar-refractivity contribution is 0.0697. The Morgan fingerprint density at radius 3 is 2.41 bits per heavy atom. The number of hydrogen-bond donors (Lipinski definition) is 2. The number of rotatable bonds is 4. The summed E-state index contributed by atoms with van der Waals surface area (Å²) in [5.41, 5.74) is 2.24. The Bertz CT molecular complexity index is 1180. The third-order valence-corrected chi connectivity index (χ3v) is 4.91. The minimum absolute atomic E-state index is 0.201. The number of carboxylic acid groups (broad SMARTS) is 1. The molecule has 0 saturated heterocycles. The van der Waals surface area contributed by atoms with Crippen LogP contribution in [-0.2, 0) is 7.05 Å². The molecule has 2 N–H and O–H groups in total. The largest absolute Gasteiger partial charge is 0.478 e. The monoisotopic (exact) mass is 411 g/mol. The summed E-state index contributed by atoms with van der Waals surface area (Å²) in [7, 11) is 1.67. The summed E-state index contributed by atoms with van der Waals surface area (Å²) in [5, 5.41) is 20.8. The number of carbonyl (C=O) groups is 2. The molecule has 0 saturated carbocycles. The Morgan fingerprint density at radius 1 is 1.17 bits per heavy atom. The van der Waals surface area contributed by atoms with Crippen LogP contribution >= 0.6 is 11.6 Å². The first-order valence-corrected chi connectivity index (χ1v) is 8.81. The molecule has 1 aromatic heterocycles. The SMILES string of the molecule is Cc1c(C(=O)Nc2ccc(C#N)cc2)cc(-c2cc(Cl)c(F)cc2C(=O)O)n1C. The molecule has 0 aliphatic carbocycles. The maximum atomic E-state index is 13.8. The van der Waals surface area contributed by atoms with E-state index in [2.05, 4.69) is 5.32 Å². The highest BCUT2D eigenvalue weighted by molar-refractivity contribution is 6.31. The van der Waals surface area contributed by atoms with Crippen molar-refractivity contribution in [3.63, 3.8) is 0 Å². The molecule has 0 bridgehead atoms. The molecule has 146 valence electrons. The van der Waals surface area contributed by atoms with Crippen LogP contribution in [-0.4, -0.2) is 21.6 Å². The van der Waals surface area contributed by atoms with Crippen molar-refractivity contribution >= 4 is 29.2 Å². The van der Waals surface area contributed by atoms with E-state index in [9.17, 15) is 19.1 Å². The predicted molar refractivity (Wildman–Crippen MR) is 107 cm³/mol. The molecule has 0 radical (unpaired) electrons. The van der Waals surface area contributed by atoms with Gasteiger partial charge in [-0.2, -0.15) is 5.26 Å². The maximum Gasteiger partial charge on any atom is 0.336 e. The topological polar surface area (TPSA) is 95.1 Å². The number of carbonyl (C=O) groups excluding carboxylic acids is 1. The highest BCUT2D eigenvalue weighted by atomic mass is 35.5. The van der Waals surface area contributed by atoms with Crippen molar-refractivity contribution in [2.75, 3.05) is 5.32 Å². The molecule has 0 atom stereocenters. The molecule has 0 fully saturated rings. The molecular weight excluding hydrogens is 397 g/mol. The average molecular weight is 412 g/mol. The lowest BCUT2D eigenvalue weighted by Crippen LogP contribution is -2.12. The molecule has 0 unspecified atom stereocenters. The minimum Gasteiger partial charge on any atom is -0.478 e. The molecule has 3 aromatic rings. The smallest absolute Gasteiger partial charge is 0.336 e. The van der Waals surface area contributed by atoms with Gasteiger partial charge in [0, 0.05) is 29.7 Å². The standard InChI is InChI=1S/C21H15ClFN3O3/c1-11-14(20(27)25-13-5-3-12(10-24)4-6-13)9-19(26(11)2)15-7-17(22)18(23)8-16(15)21(28)29/h3-9H,1-2H3,(H,25,27)(H,28,29). The van der Waals surface area contributed by atoms with Crippen LogP contribution in [0.1, 0.15) is 32.0 Å². The Labute approximate surface area is 170 Å². The van der Waals surface area contributed by atoms with Gasteiger partial charge in [0.1, 0.15) is 5.82 Å². The van der Waals surface area contributed by atoms with Crippen molar-refractivity contribution in [2.45, 2.75) is 6.92 Å². The van der Waals surface area contributed by atoms with Crippen molar-refractivity contribution in [3.8, 4) is 17.3 Å². The summed E-state index contributed by atoms with van der Waals surface area (Å²) in [6.07, 6.45) is 0. The highest BCUT2D eigenvalue weighted by Gasteiger charge is 2.22. The zero-order chi connectivity index (χ0) is 21.3. The Balaban J connectivity index is 2.02. The zero-order valence-corrected chi connectivity index (χ0v) is 16.2. The predicted octanol–water partition coefficient (Wildman–Crippen LogP) is 4.62. The zero-order valence-electron chi connectivity index (χ0n) is 15.5. The van der Waals surface area contributed by atoms with Gasteiger partial charge in [-0.3, -0.25) is 4.79 Å². The fourth-order valence-electron chi connectivity index (χ4n) is 2.95. The van der Waals surface area contributed by atoms with E-state index in [1.807, 2.05) is 6.07 Å². The van der Waals surface area contributed by atoms with Gasteiger partial charge in [0.05, 0.1) is 27.8 Å². The summed E-state index contributed by atoms with van der Waals surface area (Å²) in [6, 6.07) is 12.0. The van der Waals surface area contributed by atoms with Crippen LogP contribution in [0, 0.1) is 24.1 Å². The second-order valence-corrected chi connectivity index (χ2v) is 6.76. The van der Waals surface area contributed by atoms with Gasteiger partial charge in [-0.05, 0) is 49.4 Å². The van der Waals surface area contributed by atoms with Crippen LogP contribution in [0.5, 0.6) is 0 Å². The van der Waals surface area contributed by atoms with E-state index < -0.39 is 17.7 Å². The molecule has 1 amide bonds. The number of hydrogen-bond acceptors (Lipinski definition) is 3. The average Bonchev–Trinajstić information content (AvgIpc) is 2.99. The lowest BCUT2D eigenvalue weighted by Gasteiger charge is -2.10. The number of halogens is 2. The number of aromatic nitrogens is 1.